The first-order chi connectivity index (χ1) is 16.2. The molecule has 0 atom stereocenters. The summed E-state index contributed by atoms with van der Waals surface area (Å²) in [6.45, 7) is 0. The zero-order valence-corrected chi connectivity index (χ0v) is 18.2. The van der Waals surface area contributed by atoms with Gasteiger partial charge in [-0.15, -0.1) is 0 Å². The molecule has 6 rings (SSSR count). The van der Waals surface area contributed by atoms with E-state index >= 15 is 0 Å². The number of rotatable bonds is 8. The fraction of sp³-hybridized carbons (Fsp3) is 0.375. The molecule has 0 amide bonds. The van der Waals surface area contributed by atoms with Crippen LogP contribution in [0.2, 0.25) is 0 Å². The van der Waals surface area contributed by atoms with Gasteiger partial charge in [0, 0.05) is 55.2 Å². The van der Waals surface area contributed by atoms with Crippen LogP contribution in [0.4, 0.5) is 0 Å². The molecule has 0 saturated heterocycles. The minimum atomic E-state index is -0.206. The molecular formula is C24H25N7O2. The van der Waals surface area contributed by atoms with E-state index in [9.17, 15) is 9.59 Å². The van der Waals surface area contributed by atoms with E-state index in [0.29, 0.717) is 35.9 Å². The van der Waals surface area contributed by atoms with E-state index in [1.165, 1.54) is 42.5 Å². The molecule has 168 valence electrons. The summed E-state index contributed by atoms with van der Waals surface area (Å²) in [5, 5.41) is 5.33. The highest BCUT2D eigenvalue weighted by atomic mass is 16.2. The monoisotopic (exact) mass is 443 g/mol. The Kier molecular flexibility index (Phi) is 4.82. The van der Waals surface area contributed by atoms with Crippen molar-refractivity contribution in [1.82, 2.24) is 34.7 Å². The Morgan fingerprint density at radius 3 is 2.61 bits per heavy atom. The SMILES string of the molecule is O=C(CCc1c(C2CC2)[nH]c(Cc2nccnc2-c2c[nH][nH]c2=O)c1C1CC1)n1ccnc1. The van der Waals surface area contributed by atoms with Crippen molar-refractivity contribution in [3.8, 4) is 11.3 Å². The number of nitrogens with one attached hydrogen (secondary N) is 3. The van der Waals surface area contributed by atoms with Crippen molar-refractivity contribution in [2.45, 2.75) is 56.8 Å². The molecule has 33 heavy (non-hydrogen) atoms. The molecule has 2 aliphatic carbocycles. The normalized spacial score (nSPS) is 15.8. The van der Waals surface area contributed by atoms with Gasteiger partial charge in [0.2, 0.25) is 5.91 Å². The third kappa shape index (κ3) is 3.83. The van der Waals surface area contributed by atoms with E-state index in [2.05, 4.69) is 30.1 Å². The molecule has 0 aromatic carbocycles. The minimum Gasteiger partial charge on any atom is -0.361 e. The molecule has 0 bridgehead atoms. The summed E-state index contributed by atoms with van der Waals surface area (Å²) in [5.41, 5.74) is 6.77. The maximum atomic E-state index is 12.6. The van der Waals surface area contributed by atoms with Gasteiger partial charge in [0.1, 0.15) is 6.33 Å². The van der Waals surface area contributed by atoms with Gasteiger partial charge in [0.25, 0.3) is 5.56 Å². The highest BCUT2D eigenvalue weighted by Crippen LogP contribution is 2.49. The molecule has 4 aromatic heterocycles. The Hall–Kier alpha value is -3.75. The lowest BCUT2D eigenvalue weighted by atomic mass is 9.96. The first kappa shape index (κ1) is 19.9. The summed E-state index contributed by atoms with van der Waals surface area (Å²) >= 11 is 0. The lowest BCUT2D eigenvalue weighted by molar-refractivity contribution is 0.0902. The molecule has 3 N–H and O–H groups in total. The number of nitrogens with zero attached hydrogens (tertiary/aromatic N) is 4. The fourth-order valence-electron chi connectivity index (χ4n) is 4.77. The molecular weight excluding hydrogens is 418 g/mol. The Labute approximate surface area is 189 Å². The molecule has 0 unspecified atom stereocenters. The van der Waals surface area contributed by atoms with Crippen LogP contribution in [-0.4, -0.2) is 40.6 Å². The zero-order valence-electron chi connectivity index (χ0n) is 18.2. The second-order valence-corrected chi connectivity index (χ2v) is 9.01. The molecule has 9 nitrogen and oxygen atoms in total. The van der Waals surface area contributed by atoms with Gasteiger partial charge >= 0.3 is 0 Å². The molecule has 0 radical (unpaired) electrons. The van der Waals surface area contributed by atoms with Gasteiger partial charge < -0.3 is 10.1 Å². The Bertz CT molecular complexity index is 1350. The van der Waals surface area contributed by atoms with Crippen molar-refractivity contribution in [2.75, 3.05) is 0 Å². The number of hydrogen-bond acceptors (Lipinski definition) is 5. The van der Waals surface area contributed by atoms with Crippen molar-refractivity contribution in [2.24, 2.45) is 0 Å². The molecule has 9 heteroatoms. The average molecular weight is 444 g/mol. The van der Waals surface area contributed by atoms with Crippen molar-refractivity contribution in [1.29, 1.82) is 0 Å². The van der Waals surface area contributed by atoms with E-state index in [0.717, 1.165) is 17.8 Å². The number of imidazole rings is 1. The Morgan fingerprint density at radius 2 is 1.91 bits per heavy atom. The lowest BCUT2D eigenvalue weighted by Crippen LogP contribution is -2.10. The summed E-state index contributed by atoms with van der Waals surface area (Å²) < 4.78 is 1.56. The molecule has 0 spiro atoms. The number of carbonyl (C=O) groups excluding carboxylic acids is 1. The van der Waals surface area contributed by atoms with Crippen LogP contribution < -0.4 is 5.56 Å². The van der Waals surface area contributed by atoms with Gasteiger partial charge in [-0.1, -0.05) is 0 Å². The summed E-state index contributed by atoms with van der Waals surface area (Å²) in [4.78, 5) is 41.6. The largest absolute Gasteiger partial charge is 0.361 e. The summed E-state index contributed by atoms with van der Waals surface area (Å²) in [7, 11) is 0. The molecule has 4 heterocycles. The minimum absolute atomic E-state index is 0.0571. The van der Waals surface area contributed by atoms with Crippen LogP contribution in [0.3, 0.4) is 0 Å². The third-order valence-electron chi connectivity index (χ3n) is 6.63. The average Bonchev–Trinajstić information content (AvgIpc) is 3.71. The first-order valence-corrected chi connectivity index (χ1v) is 11.5. The van der Waals surface area contributed by atoms with Gasteiger partial charge in [-0.05, 0) is 55.1 Å². The third-order valence-corrected chi connectivity index (χ3v) is 6.63. The van der Waals surface area contributed by atoms with E-state index in [4.69, 9.17) is 0 Å². The van der Waals surface area contributed by atoms with Crippen LogP contribution in [0.5, 0.6) is 0 Å². The van der Waals surface area contributed by atoms with Crippen LogP contribution in [0, 0.1) is 0 Å². The lowest BCUT2D eigenvalue weighted by Gasteiger charge is -2.09. The summed E-state index contributed by atoms with van der Waals surface area (Å²) in [5.74, 6) is 1.13. The van der Waals surface area contributed by atoms with Crippen LogP contribution >= 0.6 is 0 Å². The van der Waals surface area contributed by atoms with Gasteiger partial charge in [-0.2, -0.15) is 0 Å². The molecule has 0 aliphatic heterocycles. The van der Waals surface area contributed by atoms with E-state index in [-0.39, 0.29) is 11.5 Å². The molecule has 2 fully saturated rings. The second-order valence-electron chi connectivity index (χ2n) is 9.01. The topological polar surface area (TPSA) is 125 Å². The summed E-state index contributed by atoms with van der Waals surface area (Å²) in [6, 6.07) is 0. The van der Waals surface area contributed by atoms with Gasteiger partial charge in [0.15, 0.2) is 0 Å². The Balaban J connectivity index is 1.35. The smallest absolute Gasteiger partial charge is 0.273 e. The number of hydrogen-bond donors (Lipinski definition) is 3. The number of H-pyrrole nitrogens is 3. The predicted octanol–water partition coefficient (Wildman–Crippen LogP) is 3.30. The maximum Gasteiger partial charge on any atom is 0.273 e. The van der Waals surface area contributed by atoms with Gasteiger partial charge in [0.05, 0.1) is 17.0 Å². The van der Waals surface area contributed by atoms with E-state index in [1.54, 1.807) is 41.9 Å². The first-order valence-electron chi connectivity index (χ1n) is 11.5. The van der Waals surface area contributed by atoms with Crippen molar-refractivity contribution < 1.29 is 4.79 Å². The highest BCUT2D eigenvalue weighted by Gasteiger charge is 2.36. The fourth-order valence-corrected chi connectivity index (χ4v) is 4.77. The number of aromatic nitrogens is 7. The van der Waals surface area contributed by atoms with Crippen LogP contribution in [0.1, 0.15) is 76.9 Å². The molecule has 2 aliphatic rings. The predicted molar refractivity (Wildman–Crippen MR) is 121 cm³/mol. The van der Waals surface area contributed by atoms with E-state index < -0.39 is 0 Å². The van der Waals surface area contributed by atoms with Crippen LogP contribution in [-0.2, 0) is 12.8 Å². The molecule has 4 aromatic rings. The standard InChI is InChI=1S/C24H25N7O2/c32-20(31-10-9-25-13-31)6-5-16-21(14-1-2-14)18(29-22(16)15-3-4-15)11-19-23(27-8-7-26-19)17-12-28-30-24(17)33/h7-10,12-15,29H,1-6,11H2,(H2,28,30,33). The highest BCUT2D eigenvalue weighted by molar-refractivity contribution is 5.79. The van der Waals surface area contributed by atoms with E-state index in [1.807, 2.05) is 0 Å². The van der Waals surface area contributed by atoms with Crippen molar-refractivity contribution >= 4 is 5.91 Å². The number of aromatic amines is 3. The molecule has 2 saturated carbocycles. The van der Waals surface area contributed by atoms with Crippen molar-refractivity contribution in [3.05, 3.63) is 75.9 Å². The number of carbonyl (C=O) groups is 1. The van der Waals surface area contributed by atoms with Gasteiger partial charge in [-0.25, -0.2) is 4.98 Å². The van der Waals surface area contributed by atoms with Gasteiger partial charge in [-0.3, -0.25) is 29.2 Å². The zero-order chi connectivity index (χ0) is 22.4. The maximum absolute atomic E-state index is 12.6. The summed E-state index contributed by atoms with van der Waals surface area (Å²) in [6.07, 6.45) is 16.3. The Morgan fingerprint density at radius 1 is 1.09 bits per heavy atom. The van der Waals surface area contributed by atoms with Crippen LogP contribution in [0.15, 0.2) is 42.1 Å². The van der Waals surface area contributed by atoms with Crippen molar-refractivity contribution in [3.63, 3.8) is 0 Å². The van der Waals surface area contributed by atoms with Crippen LogP contribution in [0.25, 0.3) is 11.3 Å². The quantitative estimate of drug-likeness (QED) is 0.385. The second kappa shape index (κ2) is 7.99.